The second-order valence-electron chi connectivity index (χ2n) is 6.33. The Kier molecular flexibility index (Phi) is 3.34. The number of rotatable bonds is 1. The van der Waals surface area contributed by atoms with Crippen molar-refractivity contribution in [1.82, 2.24) is 9.38 Å². The van der Waals surface area contributed by atoms with E-state index < -0.39 is 0 Å². The van der Waals surface area contributed by atoms with Crippen molar-refractivity contribution in [2.45, 2.75) is 33.2 Å². The number of nitrogens with zero attached hydrogens (tertiary/aromatic N) is 3. The molecule has 1 aliphatic rings. The molecule has 1 aromatic carbocycles. The van der Waals surface area contributed by atoms with Gasteiger partial charge in [-0.3, -0.25) is 0 Å². The minimum atomic E-state index is 0.293. The van der Waals surface area contributed by atoms with Crippen LogP contribution < -0.4 is 4.90 Å². The predicted octanol–water partition coefficient (Wildman–Crippen LogP) is 4.73. The lowest BCUT2D eigenvalue weighted by atomic mass is 9.93. The summed E-state index contributed by atoms with van der Waals surface area (Å²) >= 11 is 6.22. The standard InChI is InChI=1S/C19H20ClN3/c1-12-13(2)23-9-4-5-18(19(23)21-12)22-10-8-15-6-7-16(20)11-17(15)14(22)3/h4-7,9,11,14H,8,10H2,1-3H3. The summed E-state index contributed by atoms with van der Waals surface area (Å²) in [5.41, 5.74) is 7.26. The van der Waals surface area contributed by atoms with E-state index in [-0.39, 0.29) is 0 Å². The van der Waals surface area contributed by atoms with Crippen LogP contribution in [0.4, 0.5) is 5.69 Å². The molecule has 3 aromatic rings. The van der Waals surface area contributed by atoms with E-state index in [9.17, 15) is 0 Å². The van der Waals surface area contributed by atoms with E-state index in [1.165, 1.54) is 22.5 Å². The quantitative estimate of drug-likeness (QED) is 0.645. The fourth-order valence-corrected chi connectivity index (χ4v) is 3.80. The largest absolute Gasteiger partial charge is 0.361 e. The van der Waals surface area contributed by atoms with Gasteiger partial charge in [0, 0.05) is 23.5 Å². The third-order valence-corrected chi connectivity index (χ3v) is 5.30. The minimum absolute atomic E-state index is 0.293. The molecular formula is C19H20ClN3. The lowest BCUT2D eigenvalue weighted by Gasteiger charge is -2.37. The Hall–Kier alpha value is -2.00. The second kappa shape index (κ2) is 5.27. The molecule has 3 heterocycles. The van der Waals surface area contributed by atoms with E-state index in [1.807, 2.05) is 6.07 Å². The van der Waals surface area contributed by atoms with Crippen LogP contribution in [-0.4, -0.2) is 15.9 Å². The van der Waals surface area contributed by atoms with Crippen molar-refractivity contribution in [1.29, 1.82) is 0 Å². The number of hydrogen-bond donors (Lipinski definition) is 0. The Morgan fingerprint density at radius 1 is 1.22 bits per heavy atom. The van der Waals surface area contributed by atoms with Crippen molar-refractivity contribution < 1.29 is 0 Å². The molecule has 3 nitrogen and oxygen atoms in total. The van der Waals surface area contributed by atoms with Crippen molar-refractivity contribution in [3.05, 3.63) is 64.1 Å². The SMILES string of the molecule is Cc1nc2c(N3CCc4ccc(Cl)cc4C3C)cccn2c1C. The van der Waals surface area contributed by atoms with Gasteiger partial charge in [-0.15, -0.1) is 0 Å². The Morgan fingerprint density at radius 2 is 2.04 bits per heavy atom. The maximum absolute atomic E-state index is 6.22. The first-order valence-corrected chi connectivity index (χ1v) is 8.43. The molecule has 23 heavy (non-hydrogen) atoms. The van der Waals surface area contributed by atoms with Crippen molar-refractivity contribution >= 4 is 22.9 Å². The Labute approximate surface area is 141 Å². The van der Waals surface area contributed by atoms with Crippen LogP contribution in [0.3, 0.4) is 0 Å². The van der Waals surface area contributed by atoms with E-state index in [2.05, 4.69) is 60.5 Å². The fraction of sp³-hybridized carbons (Fsp3) is 0.316. The monoisotopic (exact) mass is 325 g/mol. The van der Waals surface area contributed by atoms with Crippen LogP contribution in [0.1, 0.15) is 35.5 Å². The number of hydrogen-bond acceptors (Lipinski definition) is 2. The molecule has 0 saturated heterocycles. The second-order valence-corrected chi connectivity index (χ2v) is 6.77. The summed E-state index contributed by atoms with van der Waals surface area (Å²) in [6.07, 6.45) is 3.13. The zero-order valence-corrected chi connectivity index (χ0v) is 14.4. The number of halogens is 1. The van der Waals surface area contributed by atoms with Crippen LogP contribution in [0.5, 0.6) is 0 Å². The van der Waals surface area contributed by atoms with Gasteiger partial charge in [-0.1, -0.05) is 17.7 Å². The molecule has 4 heteroatoms. The number of fused-ring (bicyclic) bond motifs is 2. The van der Waals surface area contributed by atoms with Gasteiger partial charge < -0.3 is 9.30 Å². The first-order valence-electron chi connectivity index (χ1n) is 8.05. The van der Waals surface area contributed by atoms with Crippen LogP contribution in [0.2, 0.25) is 5.02 Å². The van der Waals surface area contributed by atoms with Gasteiger partial charge in [-0.05, 0) is 62.6 Å². The maximum Gasteiger partial charge on any atom is 0.160 e. The molecule has 0 amide bonds. The minimum Gasteiger partial charge on any atom is -0.361 e. The number of aryl methyl sites for hydroxylation is 2. The summed E-state index contributed by atoms with van der Waals surface area (Å²) in [5, 5.41) is 0.808. The van der Waals surface area contributed by atoms with Gasteiger partial charge in [0.1, 0.15) is 0 Å². The number of benzene rings is 1. The summed E-state index contributed by atoms with van der Waals surface area (Å²) < 4.78 is 2.19. The van der Waals surface area contributed by atoms with E-state index in [0.717, 1.165) is 29.3 Å². The van der Waals surface area contributed by atoms with E-state index in [4.69, 9.17) is 16.6 Å². The molecule has 1 atom stereocenters. The van der Waals surface area contributed by atoms with Crippen LogP contribution in [-0.2, 0) is 6.42 Å². The highest BCUT2D eigenvalue weighted by Crippen LogP contribution is 2.36. The molecule has 0 saturated carbocycles. The molecular weight excluding hydrogens is 306 g/mol. The van der Waals surface area contributed by atoms with E-state index >= 15 is 0 Å². The van der Waals surface area contributed by atoms with Gasteiger partial charge in [-0.2, -0.15) is 0 Å². The van der Waals surface area contributed by atoms with Gasteiger partial charge in [0.05, 0.1) is 17.4 Å². The summed E-state index contributed by atoms with van der Waals surface area (Å²) in [4.78, 5) is 7.24. The van der Waals surface area contributed by atoms with Crippen LogP contribution in [0.25, 0.3) is 5.65 Å². The first kappa shape index (κ1) is 14.6. The number of imidazole rings is 1. The lowest BCUT2D eigenvalue weighted by Crippen LogP contribution is -2.34. The predicted molar refractivity (Wildman–Crippen MR) is 95.6 cm³/mol. The van der Waals surface area contributed by atoms with Crippen molar-refractivity contribution in [3.8, 4) is 0 Å². The normalized spacial score (nSPS) is 17.6. The number of anilines is 1. The van der Waals surface area contributed by atoms with E-state index in [0.29, 0.717) is 6.04 Å². The van der Waals surface area contributed by atoms with Crippen LogP contribution >= 0.6 is 11.6 Å². The van der Waals surface area contributed by atoms with Crippen LogP contribution in [0, 0.1) is 13.8 Å². The van der Waals surface area contributed by atoms with Gasteiger partial charge >= 0.3 is 0 Å². The molecule has 0 N–H and O–H groups in total. The van der Waals surface area contributed by atoms with Crippen molar-refractivity contribution in [3.63, 3.8) is 0 Å². The third kappa shape index (κ3) is 2.22. The topological polar surface area (TPSA) is 20.5 Å². The van der Waals surface area contributed by atoms with Gasteiger partial charge in [0.2, 0.25) is 0 Å². The molecule has 0 radical (unpaired) electrons. The van der Waals surface area contributed by atoms with E-state index in [1.54, 1.807) is 0 Å². The lowest BCUT2D eigenvalue weighted by molar-refractivity contribution is 0.625. The molecule has 0 aliphatic carbocycles. The van der Waals surface area contributed by atoms with Gasteiger partial charge in [0.15, 0.2) is 5.65 Å². The third-order valence-electron chi connectivity index (χ3n) is 5.06. The zero-order valence-electron chi connectivity index (χ0n) is 13.7. The molecule has 0 spiro atoms. The average Bonchev–Trinajstić information content (AvgIpc) is 2.84. The smallest absolute Gasteiger partial charge is 0.160 e. The fourth-order valence-electron chi connectivity index (χ4n) is 3.62. The van der Waals surface area contributed by atoms with Crippen LogP contribution in [0.15, 0.2) is 36.5 Å². The molecule has 4 rings (SSSR count). The summed E-state index contributed by atoms with van der Waals surface area (Å²) in [5.74, 6) is 0. The molecule has 0 bridgehead atoms. The summed E-state index contributed by atoms with van der Waals surface area (Å²) in [6.45, 7) is 7.44. The molecule has 1 aliphatic heterocycles. The summed E-state index contributed by atoms with van der Waals surface area (Å²) in [7, 11) is 0. The average molecular weight is 326 g/mol. The first-order chi connectivity index (χ1) is 11.1. The zero-order chi connectivity index (χ0) is 16.1. The molecule has 0 fully saturated rings. The Balaban J connectivity index is 1.84. The highest BCUT2D eigenvalue weighted by atomic mass is 35.5. The number of aromatic nitrogens is 2. The van der Waals surface area contributed by atoms with Crippen molar-refractivity contribution in [2.24, 2.45) is 0 Å². The Morgan fingerprint density at radius 3 is 2.87 bits per heavy atom. The maximum atomic E-state index is 6.22. The molecule has 2 aromatic heterocycles. The highest BCUT2D eigenvalue weighted by molar-refractivity contribution is 6.30. The van der Waals surface area contributed by atoms with Crippen molar-refractivity contribution in [2.75, 3.05) is 11.4 Å². The Bertz CT molecular complexity index is 897. The van der Waals surface area contributed by atoms with Gasteiger partial charge in [0.25, 0.3) is 0 Å². The van der Waals surface area contributed by atoms with Gasteiger partial charge in [-0.25, -0.2) is 4.98 Å². The highest BCUT2D eigenvalue weighted by Gasteiger charge is 2.26. The molecule has 1 unspecified atom stereocenters. The number of pyridine rings is 1. The summed E-state index contributed by atoms with van der Waals surface area (Å²) in [6, 6.07) is 10.8. The molecule has 118 valence electrons.